The molecule has 1 aliphatic rings. The molecule has 1 aliphatic heterocycles. The number of rotatable bonds is 8. The number of amides is 1. The van der Waals surface area contributed by atoms with Crippen LogP contribution in [0.5, 0.6) is 17.4 Å². The Kier molecular flexibility index (Phi) is 7.67. The Balaban J connectivity index is 1.32. The van der Waals surface area contributed by atoms with Crippen LogP contribution >= 0.6 is 0 Å². The monoisotopic (exact) mass is 495 g/mol. The van der Waals surface area contributed by atoms with E-state index in [1.165, 1.54) is 28.6 Å². The summed E-state index contributed by atoms with van der Waals surface area (Å²) in [5.74, 6) is 1.97. The molecule has 0 spiro atoms. The predicted octanol–water partition coefficient (Wildman–Crippen LogP) is 4.23. The molecule has 0 unspecified atom stereocenters. The van der Waals surface area contributed by atoms with Crippen LogP contribution in [0, 0.1) is 5.92 Å². The van der Waals surface area contributed by atoms with Gasteiger partial charge in [-0.05, 0) is 60.7 Å². The van der Waals surface area contributed by atoms with Crippen molar-refractivity contribution in [1.29, 1.82) is 0 Å². The lowest BCUT2D eigenvalue weighted by Gasteiger charge is -2.29. The predicted molar refractivity (Wildman–Crippen MR) is 132 cm³/mol. The summed E-state index contributed by atoms with van der Waals surface area (Å²) in [6, 6.07) is 16.8. The van der Waals surface area contributed by atoms with Gasteiger partial charge in [0.25, 0.3) is 5.91 Å². The van der Waals surface area contributed by atoms with Crippen LogP contribution in [-0.4, -0.2) is 43.8 Å². The first-order chi connectivity index (χ1) is 16.8. The summed E-state index contributed by atoms with van der Waals surface area (Å²) >= 11 is 0. The molecule has 0 aliphatic carbocycles. The Morgan fingerprint density at radius 2 is 1.77 bits per heavy atom. The van der Waals surface area contributed by atoms with E-state index in [0.29, 0.717) is 41.9 Å². The van der Waals surface area contributed by atoms with Crippen LogP contribution < -0.4 is 14.8 Å². The zero-order valence-electron chi connectivity index (χ0n) is 19.8. The van der Waals surface area contributed by atoms with Gasteiger partial charge >= 0.3 is 0 Å². The number of methoxy groups -OCH3 is 1. The fourth-order valence-electron chi connectivity index (χ4n) is 3.80. The quantitative estimate of drug-likeness (QED) is 0.502. The molecule has 4 rings (SSSR count). The number of hydrogen-bond donors (Lipinski definition) is 1. The van der Waals surface area contributed by atoms with E-state index < -0.39 is 10.0 Å². The van der Waals surface area contributed by atoms with Gasteiger partial charge in [-0.15, -0.1) is 0 Å². The van der Waals surface area contributed by atoms with Crippen LogP contribution in [0.2, 0.25) is 0 Å². The summed E-state index contributed by atoms with van der Waals surface area (Å²) in [4.78, 5) is 17.0. The molecule has 0 radical (unpaired) electrons. The molecule has 8 nitrogen and oxygen atoms in total. The highest BCUT2D eigenvalue weighted by molar-refractivity contribution is 7.89. The Labute approximate surface area is 206 Å². The number of pyridine rings is 1. The van der Waals surface area contributed by atoms with Gasteiger partial charge in [-0.2, -0.15) is 4.31 Å². The van der Waals surface area contributed by atoms with Crippen molar-refractivity contribution in [3.8, 4) is 17.4 Å². The van der Waals surface area contributed by atoms with E-state index in [1.807, 2.05) is 24.3 Å². The molecule has 184 valence electrons. The number of carbonyl (C=O) groups excluding carboxylic acids is 1. The van der Waals surface area contributed by atoms with Crippen LogP contribution in [0.3, 0.4) is 0 Å². The number of ether oxygens (including phenoxy) is 2. The van der Waals surface area contributed by atoms with Crippen molar-refractivity contribution < 1.29 is 22.7 Å². The minimum atomic E-state index is -3.54. The maximum atomic E-state index is 12.9. The molecular formula is C26H29N3O5S. The maximum absolute atomic E-state index is 12.9. The molecule has 35 heavy (non-hydrogen) atoms. The highest BCUT2D eigenvalue weighted by Crippen LogP contribution is 2.25. The van der Waals surface area contributed by atoms with Crippen molar-refractivity contribution in [2.45, 2.75) is 31.2 Å². The number of nitrogens with one attached hydrogen (secondary N) is 1. The maximum Gasteiger partial charge on any atom is 0.251 e. The Morgan fingerprint density at radius 3 is 2.43 bits per heavy atom. The fourth-order valence-corrected chi connectivity index (χ4v) is 5.27. The molecule has 0 bridgehead atoms. The standard InChI is InChI=1S/C26H29N3O5S/c1-19-12-14-29(15-13-19)35(31,32)24-9-7-21(8-10-24)26(30)28-18-20-6-11-25(27-17-20)34-23-5-3-4-22(16-23)33-2/h3-11,16-17,19H,12-15,18H2,1-2H3,(H,28,30). The average Bonchev–Trinajstić information content (AvgIpc) is 2.88. The van der Waals surface area contributed by atoms with Crippen molar-refractivity contribution in [3.63, 3.8) is 0 Å². The van der Waals surface area contributed by atoms with Gasteiger partial charge in [0.15, 0.2) is 0 Å². The lowest BCUT2D eigenvalue weighted by Crippen LogP contribution is -2.37. The van der Waals surface area contributed by atoms with Crippen molar-refractivity contribution in [1.82, 2.24) is 14.6 Å². The Bertz CT molecular complexity index is 1250. The van der Waals surface area contributed by atoms with E-state index in [9.17, 15) is 13.2 Å². The van der Waals surface area contributed by atoms with Crippen LogP contribution in [0.15, 0.2) is 71.8 Å². The first kappa shape index (κ1) is 24.7. The van der Waals surface area contributed by atoms with E-state index in [1.54, 1.807) is 25.4 Å². The van der Waals surface area contributed by atoms with Gasteiger partial charge in [-0.1, -0.05) is 19.1 Å². The summed E-state index contributed by atoms with van der Waals surface area (Å²) < 4.78 is 38.2. The van der Waals surface area contributed by atoms with Gasteiger partial charge in [0, 0.05) is 43.5 Å². The second-order valence-electron chi connectivity index (χ2n) is 8.58. The Hall–Kier alpha value is -3.43. The summed E-state index contributed by atoms with van der Waals surface area (Å²) in [5, 5.41) is 2.83. The summed E-state index contributed by atoms with van der Waals surface area (Å²) in [7, 11) is -1.95. The summed E-state index contributed by atoms with van der Waals surface area (Å²) in [6.45, 7) is 3.47. The molecule has 1 fully saturated rings. The van der Waals surface area contributed by atoms with E-state index in [-0.39, 0.29) is 17.3 Å². The lowest BCUT2D eigenvalue weighted by atomic mass is 10.0. The van der Waals surface area contributed by atoms with Crippen LogP contribution in [0.1, 0.15) is 35.7 Å². The van der Waals surface area contributed by atoms with Gasteiger partial charge in [0.05, 0.1) is 12.0 Å². The lowest BCUT2D eigenvalue weighted by molar-refractivity contribution is 0.0950. The highest BCUT2D eigenvalue weighted by Gasteiger charge is 2.28. The zero-order chi connectivity index (χ0) is 24.8. The number of aromatic nitrogens is 1. The number of carbonyl (C=O) groups is 1. The van der Waals surface area contributed by atoms with E-state index in [2.05, 4.69) is 17.2 Å². The molecule has 1 amide bonds. The number of benzene rings is 2. The highest BCUT2D eigenvalue weighted by atomic mass is 32.2. The minimum Gasteiger partial charge on any atom is -0.497 e. The first-order valence-corrected chi connectivity index (χ1v) is 12.9. The van der Waals surface area contributed by atoms with Gasteiger partial charge in [-0.3, -0.25) is 4.79 Å². The molecule has 2 heterocycles. The second kappa shape index (κ2) is 10.9. The fraction of sp³-hybridized carbons (Fsp3) is 0.308. The summed E-state index contributed by atoms with van der Waals surface area (Å²) in [6.07, 6.45) is 3.36. The Morgan fingerprint density at radius 1 is 1.06 bits per heavy atom. The molecule has 0 saturated carbocycles. The van der Waals surface area contributed by atoms with Crippen molar-refractivity contribution in [3.05, 3.63) is 78.0 Å². The van der Waals surface area contributed by atoms with Gasteiger partial charge in [0.2, 0.25) is 15.9 Å². The first-order valence-electron chi connectivity index (χ1n) is 11.5. The molecule has 2 aromatic carbocycles. The van der Waals surface area contributed by atoms with Crippen molar-refractivity contribution in [2.75, 3.05) is 20.2 Å². The minimum absolute atomic E-state index is 0.208. The molecule has 1 aromatic heterocycles. The third-order valence-corrected chi connectivity index (χ3v) is 7.92. The second-order valence-corrected chi connectivity index (χ2v) is 10.5. The molecule has 1 N–H and O–H groups in total. The zero-order valence-corrected chi connectivity index (χ0v) is 20.6. The molecule has 3 aromatic rings. The van der Waals surface area contributed by atoms with E-state index >= 15 is 0 Å². The molecule has 1 saturated heterocycles. The molecule has 0 atom stereocenters. The van der Waals surface area contributed by atoms with Gasteiger partial charge < -0.3 is 14.8 Å². The third kappa shape index (κ3) is 6.17. The summed E-state index contributed by atoms with van der Waals surface area (Å²) in [5.41, 5.74) is 1.19. The van der Waals surface area contributed by atoms with E-state index in [4.69, 9.17) is 9.47 Å². The van der Waals surface area contributed by atoms with E-state index in [0.717, 1.165) is 18.4 Å². The normalized spacial score (nSPS) is 14.9. The van der Waals surface area contributed by atoms with Gasteiger partial charge in [0.1, 0.15) is 11.5 Å². The van der Waals surface area contributed by atoms with Crippen molar-refractivity contribution >= 4 is 15.9 Å². The third-order valence-electron chi connectivity index (χ3n) is 6.01. The smallest absolute Gasteiger partial charge is 0.251 e. The van der Waals surface area contributed by atoms with Crippen LogP contribution in [-0.2, 0) is 16.6 Å². The number of hydrogen-bond acceptors (Lipinski definition) is 6. The molecule has 9 heteroatoms. The van der Waals surface area contributed by atoms with Crippen LogP contribution in [0.4, 0.5) is 0 Å². The number of sulfonamides is 1. The van der Waals surface area contributed by atoms with Crippen molar-refractivity contribution in [2.24, 2.45) is 5.92 Å². The largest absolute Gasteiger partial charge is 0.497 e. The topological polar surface area (TPSA) is 97.8 Å². The number of nitrogens with zero attached hydrogens (tertiary/aromatic N) is 2. The van der Waals surface area contributed by atoms with Crippen LogP contribution in [0.25, 0.3) is 0 Å². The van der Waals surface area contributed by atoms with Gasteiger partial charge in [-0.25, -0.2) is 13.4 Å². The number of piperidine rings is 1. The average molecular weight is 496 g/mol. The molecular weight excluding hydrogens is 466 g/mol. The SMILES string of the molecule is COc1cccc(Oc2ccc(CNC(=O)c3ccc(S(=O)(=O)N4CCC(C)CC4)cc3)cn2)c1.